The number of unbranched alkanes of at least 4 members (excludes halogenated alkanes) is 24. The Hall–Kier alpha value is -1.08. The molecule has 0 aliphatic carbocycles. The number of aryl methyl sites for hydroxylation is 1. The van der Waals surface area contributed by atoms with Crippen LogP contribution in [0.5, 0.6) is 0 Å². The molecule has 1 heterocycles. The molecule has 0 N–H and O–H groups in total. The molecular formula is C43H78ClN. The highest BCUT2D eigenvalue weighted by Gasteiger charge is 2.17. The Bertz CT molecular complexity index is 710. The van der Waals surface area contributed by atoms with Gasteiger partial charge in [-0.1, -0.05) is 154 Å². The highest BCUT2D eigenvalue weighted by Crippen LogP contribution is 2.20. The summed E-state index contributed by atoms with van der Waals surface area (Å²) in [5.41, 5.74) is 1.37. The first-order chi connectivity index (χ1) is 21.8. The molecule has 0 aliphatic rings. The van der Waals surface area contributed by atoms with Gasteiger partial charge in [0.1, 0.15) is 0 Å². The first kappa shape index (κ1) is 43.9. The molecule has 45 heavy (non-hydrogen) atoms. The van der Waals surface area contributed by atoms with Gasteiger partial charge in [-0.3, -0.25) is 0 Å². The van der Waals surface area contributed by atoms with Crippen LogP contribution in [0, 0.1) is 6.92 Å². The SMILES string of the molecule is CCCCCCCC/C=C/CCCCCCCCC(CCCCCCCC/C=C/CCCCCCCC)[n+]1ccc(C)cc1.[Cl-]. The lowest BCUT2D eigenvalue weighted by Gasteiger charge is -2.13. The van der Waals surface area contributed by atoms with Crippen molar-refractivity contribution in [3.8, 4) is 0 Å². The zero-order valence-electron chi connectivity index (χ0n) is 30.7. The fourth-order valence-electron chi connectivity index (χ4n) is 6.45. The molecule has 0 amide bonds. The normalized spacial score (nSPS) is 11.7. The minimum Gasteiger partial charge on any atom is -1.00 e. The zero-order chi connectivity index (χ0) is 31.6. The van der Waals surface area contributed by atoms with E-state index >= 15 is 0 Å². The molecule has 1 aromatic heterocycles. The third-order valence-electron chi connectivity index (χ3n) is 9.54. The molecule has 0 atom stereocenters. The van der Waals surface area contributed by atoms with E-state index in [-0.39, 0.29) is 12.4 Å². The van der Waals surface area contributed by atoms with Crippen LogP contribution in [0.15, 0.2) is 48.8 Å². The molecule has 0 unspecified atom stereocenters. The number of hydrogen-bond donors (Lipinski definition) is 0. The van der Waals surface area contributed by atoms with Gasteiger partial charge in [-0.2, -0.15) is 0 Å². The van der Waals surface area contributed by atoms with E-state index in [1.165, 1.54) is 198 Å². The fourth-order valence-corrected chi connectivity index (χ4v) is 6.45. The van der Waals surface area contributed by atoms with Gasteiger partial charge in [0.05, 0.1) is 0 Å². The van der Waals surface area contributed by atoms with E-state index in [9.17, 15) is 0 Å². The molecule has 1 nitrogen and oxygen atoms in total. The lowest BCUT2D eigenvalue weighted by atomic mass is 9.99. The van der Waals surface area contributed by atoms with Crippen LogP contribution in [0.1, 0.15) is 218 Å². The predicted molar refractivity (Wildman–Crippen MR) is 199 cm³/mol. The maximum atomic E-state index is 2.52. The Morgan fingerprint density at radius 1 is 0.444 bits per heavy atom. The zero-order valence-corrected chi connectivity index (χ0v) is 31.5. The van der Waals surface area contributed by atoms with Crippen molar-refractivity contribution in [2.24, 2.45) is 0 Å². The number of allylic oxidation sites excluding steroid dienone is 4. The Labute approximate surface area is 290 Å². The average molecular weight is 645 g/mol. The fraction of sp³-hybridized carbons (Fsp3) is 0.791. The largest absolute Gasteiger partial charge is 1.00 e. The first-order valence-corrected chi connectivity index (χ1v) is 20.0. The summed E-state index contributed by atoms with van der Waals surface area (Å²) >= 11 is 0. The summed E-state index contributed by atoms with van der Waals surface area (Å²) in [5.74, 6) is 0. The van der Waals surface area contributed by atoms with Gasteiger partial charge in [-0.25, -0.2) is 4.57 Å². The van der Waals surface area contributed by atoms with E-state index in [1.807, 2.05) is 0 Å². The monoisotopic (exact) mass is 644 g/mol. The number of aromatic nitrogens is 1. The van der Waals surface area contributed by atoms with Gasteiger partial charge in [-0.15, -0.1) is 0 Å². The van der Waals surface area contributed by atoms with Crippen molar-refractivity contribution in [3.05, 3.63) is 54.4 Å². The number of pyridine rings is 1. The summed E-state index contributed by atoms with van der Waals surface area (Å²) in [6, 6.07) is 5.26. The second kappa shape index (κ2) is 35.8. The summed E-state index contributed by atoms with van der Waals surface area (Å²) in [6.45, 7) is 6.80. The third-order valence-corrected chi connectivity index (χ3v) is 9.54. The van der Waals surface area contributed by atoms with E-state index < -0.39 is 0 Å². The van der Waals surface area contributed by atoms with Crippen LogP contribution in [0.2, 0.25) is 0 Å². The molecule has 0 spiro atoms. The second-order valence-electron chi connectivity index (χ2n) is 13.9. The van der Waals surface area contributed by atoms with Crippen molar-refractivity contribution in [3.63, 3.8) is 0 Å². The number of halogens is 1. The Morgan fingerprint density at radius 2 is 0.733 bits per heavy atom. The van der Waals surface area contributed by atoms with Gasteiger partial charge >= 0.3 is 0 Å². The van der Waals surface area contributed by atoms with E-state index in [4.69, 9.17) is 0 Å². The van der Waals surface area contributed by atoms with E-state index in [0.29, 0.717) is 6.04 Å². The van der Waals surface area contributed by atoms with Gasteiger partial charge < -0.3 is 12.4 Å². The van der Waals surface area contributed by atoms with E-state index in [1.54, 1.807) is 0 Å². The van der Waals surface area contributed by atoms with Crippen molar-refractivity contribution in [2.45, 2.75) is 219 Å². The van der Waals surface area contributed by atoms with Crippen LogP contribution in [0.25, 0.3) is 0 Å². The number of nitrogens with zero attached hydrogens (tertiary/aromatic N) is 1. The third kappa shape index (κ3) is 30.0. The van der Waals surface area contributed by atoms with Crippen molar-refractivity contribution >= 4 is 0 Å². The van der Waals surface area contributed by atoms with Crippen LogP contribution >= 0.6 is 0 Å². The van der Waals surface area contributed by atoms with Crippen LogP contribution in [0.4, 0.5) is 0 Å². The Kier molecular flexibility index (Phi) is 34.9. The standard InChI is InChI=1S/C43H78N.ClH/c1-4-6-8-10-12-14-16-18-20-22-24-26-28-30-32-34-36-43(44-40-38-42(3)39-41-44)37-35-33-31-29-27-25-23-21-19-17-15-13-11-9-7-5-2;/h18-21,38-41,43H,4-17,22-37H2,1-3H3;1H/q+1;/p-1/b20-18+,21-19+;. The summed E-state index contributed by atoms with van der Waals surface area (Å²) in [6.07, 6.45) is 56.1. The summed E-state index contributed by atoms with van der Waals surface area (Å²) in [7, 11) is 0. The van der Waals surface area contributed by atoms with Gasteiger partial charge in [0.15, 0.2) is 18.4 Å². The number of rotatable bonds is 33. The number of hydrogen-bond acceptors (Lipinski definition) is 0. The van der Waals surface area contributed by atoms with Gasteiger partial charge in [0.2, 0.25) is 0 Å². The molecule has 0 bridgehead atoms. The average Bonchev–Trinajstić information content (AvgIpc) is 3.03. The van der Waals surface area contributed by atoms with Crippen LogP contribution < -0.4 is 17.0 Å². The molecule has 0 radical (unpaired) electrons. The molecule has 2 heteroatoms. The van der Waals surface area contributed by atoms with Crippen molar-refractivity contribution in [1.82, 2.24) is 0 Å². The van der Waals surface area contributed by atoms with E-state index in [2.05, 4.69) is 74.2 Å². The van der Waals surface area contributed by atoms with Crippen molar-refractivity contribution in [2.75, 3.05) is 0 Å². The lowest BCUT2D eigenvalue weighted by molar-refractivity contribution is -0.724. The van der Waals surface area contributed by atoms with Crippen LogP contribution in [-0.2, 0) is 0 Å². The highest BCUT2D eigenvalue weighted by molar-refractivity contribution is 5.03. The molecule has 1 rings (SSSR count). The molecule has 262 valence electrons. The van der Waals surface area contributed by atoms with Crippen LogP contribution in [0.3, 0.4) is 0 Å². The summed E-state index contributed by atoms with van der Waals surface area (Å²) in [5, 5.41) is 0. The van der Waals surface area contributed by atoms with Crippen LogP contribution in [-0.4, -0.2) is 0 Å². The maximum absolute atomic E-state index is 2.52. The minimum atomic E-state index is 0. The maximum Gasteiger partial charge on any atom is 0.169 e. The van der Waals surface area contributed by atoms with Gasteiger partial charge in [-0.05, 0) is 76.7 Å². The molecule has 0 saturated carbocycles. The minimum absolute atomic E-state index is 0. The summed E-state index contributed by atoms with van der Waals surface area (Å²) < 4.78 is 2.52. The predicted octanol–water partition coefficient (Wildman–Crippen LogP) is 11.7. The molecule has 0 fully saturated rings. The summed E-state index contributed by atoms with van der Waals surface area (Å²) in [4.78, 5) is 0. The second-order valence-corrected chi connectivity index (χ2v) is 13.9. The van der Waals surface area contributed by atoms with E-state index in [0.717, 1.165) is 0 Å². The first-order valence-electron chi connectivity index (χ1n) is 20.0. The molecule has 0 saturated heterocycles. The molecular weight excluding hydrogens is 566 g/mol. The Balaban J connectivity index is 0.0000194. The lowest BCUT2D eigenvalue weighted by Crippen LogP contribution is -3.00. The molecule has 0 aromatic carbocycles. The van der Waals surface area contributed by atoms with Gasteiger partial charge in [0.25, 0.3) is 0 Å². The Morgan fingerprint density at radius 3 is 1.07 bits per heavy atom. The van der Waals surface area contributed by atoms with Crippen molar-refractivity contribution < 1.29 is 17.0 Å². The quantitative estimate of drug-likeness (QED) is 0.0407. The topological polar surface area (TPSA) is 3.88 Å². The van der Waals surface area contributed by atoms with Crippen molar-refractivity contribution in [1.29, 1.82) is 0 Å². The molecule has 1 aromatic rings. The molecule has 0 aliphatic heterocycles. The highest BCUT2D eigenvalue weighted by atomic mass is 35.5. The smallest absolute Gasteiger partial charge is 0.169 e. The van der Waals surface area contributed by atoms with Gasteiger partial charge in [0, 0.05) is 25.0 Å².